The predicted molar refractivity (Wildman–Crippen MR) is 112 cm³/mol. The second-order valence-electron chi connectivity index (χ2n) is 7.90. The molecule has 3 aromatic rings. The van der Waals surface area contributed by atoms with Gasteiger partial charge in [0.05, 0.1) is 11.0 Å². The Kier molecular flexibility index (Phi) is 4.54. The molecule has 2 fully saturated rings. The Labute approximate surface area is 169 Å². The number of amides is 2. The SMILES string of the molecule is O=C(c1ccc(N2CCCC2=O)cc1)N1CCC(c2nc3ccccc3[nH]2)CC1. The summed E-state index contributed by atoms with van der Waals surface area (Å²) in [6, 6.07) is 15.5. The van der Waals surface area contributed by atoms with Gasteiger partial charge in [0, 0.05) is 43.2 Å². The highest BCUT2D eigenvalue weighted by atomic mass is 16.2. The second-order valence-corrected chi connectivity index (χ2v) is 7.90. The molecular formula is C23H24N4O2. The monoisotopic (exact) mass is 388 g/mol. The highest BCUT2D eigenvalue weighted by molar-refractivity contribution is 5.97. The van der Waals surface area contributed by atoms with E-state index in [9.17, 15) is 9.59 Å². The maximum absolute atomic E-state index is 12.9. The van der Waals surface area contributed by atoms with Crippen LogP contribution in [-0.4, -0.2) is 46.3 Å². The zero-order valence-corrected chi connectivity index (χ0v) is 16.3. The van der Waals surface area contributed by atoms with Crippen LogP contribution in [0.25, 0.3) is 11.0 Å². The number of nitrogens with zero attached hydrogens (tertiary/aromatic N) is 3. The molecule has 29 heavy (non-hydrogen) atoms. The fourth-order valence-corrected chi connectivity index (χ4v) is 4.41. The van der Waals surface area contributed by atoms with Crippen LogP contribution in [0.1, 0.15) is 47.8 Å². The van der Waals surface area contributed by atoms with Crippen LogP contribution >= 0.6 is 0 Å². The number of imidazole rings is 1. The molecule has 6 heteroatoms. The van der Waals surface area contributed by atoms with Gasteiger partial charge in [-0.3, -0.25) is 9.59 Å². The van der Waals surface area contributed by atoms with Crippen LogP contribution < -0.4 is 4.90 Å². The average Bonchev–Trinajstić information content (AvgIpc) is 3.39. The number of hydrogen-bond donors (Lipinski definition) is 1. The summed E-state index contributed by atoms with van der Waals surface area (Å²) in [5.41, 5.74) is 3.63. The molecule has 0 radical (unpaired) electrons. The molecule has 2 amide bonds. The molecule has 0 spiro atoms. The molecule has 1 N–H and O–H groups in total. The first kappa shape index (κ1) is 17.9. The van der Waals surface area contributed by atoms with Crippen LogP contribution in [-0.2, 0) is 4.79 Å². The lowest BCUT2D eigenvalue weighted by Gasteiger charge is -2.31. The number of rotatable bonds is 3. The summed E-state index contributed by atoms with van der Waals surface area (Å²) in [5.74, 6) is 1.61. The molecule has 0 unspecified atom stereocenters. The van der Waals surface area contributed by atoms with E-state index in [0.717, 1.165) is 61.4 Å². The minimum absolute atomic E-state index is 0.0624. The molecule has 148 valence electrons. The van der Waals surface area contributed by atoms with Gasteiger partial charge >= 0.3 is 0 Å². The number of aromatic amines is 1. The lowest BCUT2D eigenvalue weighted by atomic mass is 9.95. The number of hydrogen-bond acceptors (Lipinski definition) is 3. The highest BCUT2D eigenvalue weighted by Crippen LogP contribution is 2.29. The second kappa shape index (κ2) is 7.35. The van der Waals surface area contributed by atoms with E-state index in [0.29, 0.717) is 17.9 Å². The number of anilines is 1. The van der Waals surface area contributed by atoms with Gasteiger partial charge in [-0.05, 0) is 55.7 Å². The molecule has 0 saturated carbocycles. The third kappa shape index (κ3) is 3.39. The van der Waals surface area contributed by atoms with Crippen molar-refractivity contribution in [3.63, 3.8) is 0 Å². The topological polar surface area (TPSA) is 69.3 Å². The maximum atomic E-state index is 12.9. The van der Waals surface area contributed by atoms with E-state index in [1.54, 1.807) is 4.90 Å². The molecule has 0 atom stereocenters. The number of benzene rings is 2. The van der Waals surface area contributed by atoms with Crippen LogP contribution in [0.15, 0.2) is 48.5 Å². The number of likely N-dealkylation sites (tertiary alicyclic amines) is 1. The van der Waals surface area contributed by atoms with Gasteiger partial charge in [-0.15, -0.1) is 0 Å². The standard InChI is InChI=1S/C23H24N4O2/c28-21-6-3-13-27(21)18-9-7-17(8-10-18)23(29)26-14-11-16(12-15-26)22-24-19-4-1-2-5-20(19)25-22/h1-2,4-5,7-10,16H,3,6,11-15H2,(H,24,25). The van der Waals surface area contributed by atoms with Crippen molar-refractivity contribution in [3.05, 3.63) is 59.9 Å². The predicted octanol–water partition coefficient (Wildman–Crippen LogP) is 3.71. The molecule has 2 aromatic carbocycles. The van der Waals surface area contributed by atoms with Gasteiger partial charge in [0.1, 0.15) is 5.82 Å². The number of aromatic nitrogens is 2. The molecule has 2 aliphatic heterocycles. The van der Waals surface area contributed by atoms with Crippen molar-refractivity contribution >= 4 is 28.5 Å². The molecule has 0 bridgehead atoms. The minimum atomic E-state index is 0.0624. The fourth-order valence-electron chi connectivity index (χ4n) is 4.41. The van der Waals surface area contributed by atoms with Crippen molar-refractivity contribution in [1.29, 1.82) is 0 Å². The third-order valence-electron chi connectivity index (χ3n) is 6.08. The van der Waals surface area contributed by atoms with Gasteiger partial charge in [-0.25, -0.2) is 4.98 Å². The molecule has 0 aliphatic carbocycles. The van der Waals surface area contributed by atoms with Gasteiger partial charge in [0.2, 0.25) is 5.91 Å². The number of H-pyrrole nitrogens is 1. The van der Waals surface area contributed by atoms with E-state index in [4.69, 9.17) is 4.98 Å². The normalized spacial score (nSPS) is 18.0. The number of para-hydroxylation sites is 2. The van der Waals surface area contributed by atoms with E-state index in [1.165, 1.54) is 0 Å². The smallest absolute Gasteiger partial charge is 0.253 e. The Bertz CT molecular complexity index is 1020. The number of nitrogens with one attached hydrogen (secondary N) is 1. The number of fused-ring (bicyclic) bond motifs is 1. The van der Waals surface area contributed by atoms with Gasteiger partial charge in [-0.1, -0.05) is 12.1 Å². The maximum Gasteiger partial charge on any atom is 0.253 e. The summed E-state index contributed by atoms with van der Waals surface area (Å²) >= 11 is 0. The van der Waals surface area contributed by atoms with E-state index >= 15 is 0 Å². The summed E-state index contributed by atoms with van der Waals surface area (Å²) in [4.78, 5) is 36.7. The molecule has 2 aliphatic rings. The minimum Gasteiger partial charge on any atom is -0.342 e. The number of carbonyl (C=O) groups excluding carboxylic acids is 2. The molecule has 2 saturated heterocycles. The van der Waals surface area contributed by atoms with Gasteiger partial charge in [0.25, 0.3) is 5.91 Å². The molecule has 1 aromatic heterocycles. The molecular weight excluding hydrogens is 364 g/mol. The Morgan fingerprint density at radius 1 is 1.00 bits per heavy atom. The van der Waals surface area contributed by atoms with Crippen molar-refractivity contribution < 1.29 is 9.59 Å². The van der Waals surface area contributed by atoms with E-state index in [1.807, 2.05) is 53.4 Å². The Morgan fingerprint density at radius 3 is 2.45 bits per heavy atom. The largest absolute Gasteiger partial charge is 0.342 e. The quantitative estimate of drug-likeness (QED) is 0.744. The highest BCUT2D eigenvalue weighted by Gasteiger charge is 2.27. The van der Waals surface area contributed by atoms with Gasteiger partial charge in [-0.2, -0.15) is 0 Å². The van der Waals surface area contributed by atoms with Crippen LogP contribution in [0.2, 0.25) is 0 Å². The van der Waals surface area contributed by atoms with Crippen LogP contribution in [0.4, 0.5) is 5.69 Å². The van der Waals surface area contributed by atoms with E-state index in [-0.39, 0.29) is 11.8 Å². The van der Waals surface area contributed by atoms with Gasteiger partial charge in [0.15, 0.2) is 0 Å². The van der Waals surface area contributed by atoms with E-state index in [2.05, 4.69) is 4.98 Å². The summed E-state index contributed by atoms with van der Waals surface area (Å²) in [6.45, 7) is 2.22. The lowest BCUT2D eigenvalue weighted by molar-refractivity contribution is -0.117. The Balaban J connectivity index is 1.23. The Hall–Kier alpha value is -3.15. The fraction of sp³-hybridized carbons (Fsp3) is 0.348. The van der Waals surface area contributed by atoms with Crippen molar-refractivity contribution in [2.45, 2.75) is 31.6 Å². The first-order valence-corrected chi connectivity index (χ1v) is 10.3. The van der Waals surface area contributed by atoms with Crippen molar-refractivity contribution in [2.75, 3.05) is 24.5 Å². The molecule has 6 nitrogen and oxygen atoms in total. The van der Waals surface area contributed by atoms with Crippen LogP contribution in [0.5, 0.6) is 0 Å². The first-order valence-electron chi connectivity index (χ1n) is 10.3. The lowest BCUT2D eigenvalue weighted by Crippen LogP contribution is -2.38. The summed E-state index contributed by atoms with van der Waals surface area (Å²) < 4.78 is 0. The van der Waals surface area contributed by atoms with E-state index < -0.39 is 0 Å². The number of piperidine rings is 1. The summed E-state index contributed by atoms with van der Waals surface area (Å²) in [5, 5.41) is 0. The Morgan fingerprint density at radius 2 is 1.76 bits per heavy atom. The average molecular weight is 388 g/mol. The summed E-state index contributed by atoms with van der Waals surface area (Å²) in [7, 11) is 0. The van der Waals surface area contributed by atoms with Gasteiger partial charge < -0.3 is 14.8 Å². The third-order valence-corrected chi connectivity index (χ3v) is 6.08. The van der Waals surface area contributed by atoms with Crippen molar-refractivity contribution in [1.82, 2.24) is 14.9 Å². The van der Waals surface area contributed by atoms with Crippen LogP contribution in [0, 0.1) is 0 Å². The first-order chi connectivity index (χ1) is 14.2. The summed E-state index contributed by atoms with van der Waals surface area (Å²) in [6.07, 6.45) is 3.33. The molecule has 5 rings (SSSR count). The zero-order chi connectivity index (χ0) is 19.8. The van der Waals surface area contributed by atoms with Crippen molar-refractivity contribution in [2.24, 2.45) is 0 Å². The zero-order valence-electron chi connectivity index (χ0n) is 16.3. The van der Waals surface area contributed by atoms with Crippen LogP contribution in [0.3, 0.4) is 0 Å². The van der Waals surface area contributed by atoms with Crippen molar-refractivity contribution in [3.8, 4) is 0 Å². The number of carbonyl (C=O) groups is 2. The molecule has 3 heterocycles.